The predicted octanol–water partition coefficient (Wildman–Crippen LogP) is 3.92. The molecule has 2 aromatic rings. The van der Waals surface area contributed by atoms with Gasteiger partial charge in [-0.2, -0.15) is 0 Å². The third kappa shape index (κ3) is 3.91. The van der Waals surface area contributed by atoms with E-state index in [1.54, 1.807) is 0 Å². The molecule has 0 amide bonds. The number of anilines is 2. The summed E-state index contributed by atoms with van der Waals surface area (Å²) < 4.78 is 1.17. The van der Waals surface area contributed by atoms with Gasteiger partial charge in [0, 0.05) is 21.5 Å². The first-order valence-electron chi connectivity index (χ1n) is 6.08. The highest BCUT2D eigenvalue weighted by Gasteiger charge is 1.99. The molecule has 0 aliphatic rings. The number of nitrogens with one attached hydrogen (secondary N) is 1. The molecule has 94 valence electrons. The van der Waals surface area contributed by atoms with Gasteiger partial charge in [-0.15, -0.1) is 0 Å². The lowest BCUT2D eigenvalue weighted by Gasteiger charge is -2.09. The monoisotopic (exact) mass is 352 g/mol. The van der Waals surface area contributed by atoms with Crippen LogP contribution in [0, 0.1) is 3.57 Å². The first-order chi connectivity index (χ1) is 8.75. The normalized spacial score (nSPS) is 10.3. The van der Waals surface area contributed by atoms with Gasteiger partial charge in [0.25, 0.3) is 0 Å². The second-order valence-electron chi connectivity index (χ2n) is 4.26. The number of benzene rings is 2. The van der Waals surface area contributed by atoms with E-state index in [4.69, 9.17) is 5.73 Å². The molecule has 0 aromatic heterocycles. The third-order valence-electron chi connectivity index (χ3n) is 2.79. The minimum Gasteiger partial charge on any atom is -0.399 e. The van der Waals surface area contributed by atoms with Crippen molar-refractivity contribution in [3.05, 3.63) is 57.7 Å². The van der Waals surface area contributed by atoms with E-state index in [0.717, 1.165) is 30.8 Å². The van der Waals surface area contributed by atoms with Gasteiger partial charge >= 0.3 is 0 Å². The van der Waals surface area contributed by atoms with Crippen molar-refractivity contribution in [1.29, 1.82) is 0 Å². The maximum atomic E-state index is 5.73. The molecule has 2 nitrogen and oxygen atoms in total. The van der Waals surface area contributed by atoms with Crippen molar-refractivity contribution in [3.8, 4) is 0 Å². The van der Waals surface area contributed by atoms with Crippen molar-refractivity contribution in [2.45, 2.75) is 12.8 Å². The van der Waals surface area contributed by atoms with Gasteiger partial charge in [0.2, 0.25) is 0 Å². The Morgan fingerprint density at radius 2 is 1.83 bits per heavy atom. The highest BCUT2D eigenvalue weighted by Crippen LogP contribution is 2.20. The van der Waals surface area contributed by atoms with Crippen LogP contribution in [0.1, 0.15) is 12.0 Å². The minimum atomic E-state index is 0.814. The summed E-state index contributed by atoms with van der Waals surface area (Å²) in [5.41, 5.74) is 9.10. The van der Waals surface area contributed by atoms with E-state index in [2.05, 4.69) is 58.2 Å². The molecule has 0 heterocycles. The number of hydrogen-bond acceptors (Lipinski definition) is 2. The van der Waals surface area contributed by atoms with Crippen LogP contribution in [0.3, 0.4) is 0 Å². The standard InChI is InChI=1S/C15H17IN2/c16-14-11-13(17)8-9-15(14)18-10-4-7-12-5-2-1-3-6-12/h1-3,5-6,8-9,11,18H,4,7,10,17H2. The first-order valence-corrected chi connectivity index (χ1v) is 7.16. The van der Waals surface area contributed by atoms with E-state index in [1.807, 2.05) is 18.2 Å². The Kier molecular flexibility index (Phi) is 4.87. The summed E-state index contributed by atoms with van der Waals surface area (Å²) in [5.74, 6) is 0. The summed E-state index contributed by atoms with van der Waals surface area (Å²) >= 11 is 2.31. The largest absolute Gasteiger partial charge is 0.399 e. The summed E-state index contributed by atoms with van der Waals surface area (Å²) in [5, 5.41) is 3.45. The van der Waals surface area contributed by atoms with Crippen molar-refractivity contribution >= 4 is 34.0 Å². The first kappa shape index (κ1) is 13.2. The predicted molar refractivity (Wildman–Crippen MR) is 86.8 cm³/mol. The fourth-order valence-electron chi connectivity index (χ4n) is 1.83. The molecule has 0 atom stereocenters. The average molecular weight is 352 g/mol. The number of nitrogens with two attached hydrogens (primary N) is 1. The van der Waals surface area contributed by atoms with Gasteiger partial charge in [0.1, 0.15) is 0 Å². The molecule has 0 aliphatic carbocycles. The maximum absolute atomic E-state index is 5.73. The van der Waals surface area contributed by atoms with Crippen LogP contribution in [0.2, 0.25) is 0 Å². The Balaban J connectivity index is 1.79. The number of nitrogen functional groups attached to an aromatic ring is 1. The number of rotatable bonds is 5. The van der Waals surface area contributed by atoms with E-state index in [1.165, 1.54) is 9.13 Å². The molecule has 0 spiro atoms. The van der Waals surface area contributed by atoms with E-state index in [9.17, 15) is 0 Å². The van der Waals surface area contributed by atoms with Crippen molar-refractivity contribution in [1.82, 2.24) is 0 Å². The second kappa shape index (κ2) is 6.64. The zero-order chi connectivity index (χ0) is 12.8. The summed E-state index contributed by atoms with van der Waals surface area (Å²) in [6, 6.07) is 16.5. The second-order valence-corrected chi connectivity index (χ2v) is 5.42. The van der Waals surface area contributed by atoms with Crippen LogP contribution < -0.4 is 11.1 Å². The number of halogens is 1. The molecule has 0 bridgehead atoms. The van der Waals surface area contributed by atoms with Crippen molar-refractivity contribution < 1.29 is 0 Å². The van der Waals surface area contributed by atoms with Crippen molar-refractivity contribution in [2.75, 3.05) is 17.6 Å². The molecule has 0 aliphatic heterocycles. The zero-order valence-corrected chi connectivity index (χ0v) is 12.4. The van der Waals surface area contributed by atoms with Gasteiger partial charge in [-0.1, -0.05) is 30.3 Å². The Bertz CT molecular complexity index is 497. The van der Waals surface area contributed by atoms with Crippen molar-refractivity contribution in [2.24, 2.45) is 0 Å². The zero-order valence-electron chi connectivity index (χ0n) is 10.2. The van der Waals surface area contributed by atoms with Crippen LogP contribution in [-0.2, 0) is 6.42 Å². The van der Waals surface area contributed by atoms with Crippen LogP contribution >= 0.6 is 22.6 Å². The molecule has 2 aromatic carbocycles. The molecule has 3 heteroatoms. The molecule has 2 rings (SSSR count). The topological polar surface area (TPSA) is 38.0 Å². The van der Waals surface area contributed by atoms with E-state index in [-0.39, 0.29) is 0 Å². The molecule has 0 radical (unpaired) electrons. The Hall–Kier alpha value is -1.23. The van der Waals surface area contributed by atoms with Gasteiger partial charge in [-0.25, -0.2) is 0 Å². The summed E-state index contributed by atoms with van der Waals surface area (Å²) in [6.45, 7) is 0.981. The lowest BCUT2D eigenvalue weighted by molar-refractivity contribution is 0.862. The fourth-order valence-corrected chi connectivity index (χ4v) is 2.57. The highest BCUT2D eigenvalue weighted by atomic mass is 127. The summed E-state index contributed by atoms with van der Waals surface area (Å²) in [6.07, 6.45) is 2.24. The van der Waals surface area contributed by atoms with Gasteiger partial charge in [0.05, 0.1) is 0 Å². The molecule has 0 saturated heterocycles. The lowest BCUT2D eigenvalue weighted by atomic mass is 10.1. The van der Waals surface area contributed by atoms with Gasteiger partial charge in [-0.05, 0) is 59.2 Å². The number of hydrogen-bond donors (Lipinski definition) is 2. The van der Waals surface area contributed by atoms with Crippen LogP contribution in [0.15, 0.2) is 48.5 Å². The quantitative estimate of drug-likeness (QED) is 0.486. The number of aryl methyl sites for hydroxylation is 1. The van der Waals surface area contributed by atoms with Gasteiger partial charge < -0.3 is 11.1 Å². The smallest absolute Gasteiger partial charge is 0.0477 e. The van der Waals surface area contributed by atoms with E-state index in [0.29, 0.717) is 0 Å². The van der Waals surface area contributed by atoms with E-state index >= 15 is 0 Å². The van der Waals surface area contributed by atoms with E-state index < -0.39 is 0 Å². The molecule has 0 saturated carbocycles. The summed E-state index contributed by atoms with van der Waals surface area (Å²) in [4.78, 5) is 0. The molecule has 0 fully saturated rings. The van der Waals surface area contributed by atoms with Crippen LogP contribution in [0.5, 0.6) is 0 Å². The molecular formula is C15H17IN2. The highest BCUT2D eigenvalue weighted by molar-refractivity contribution is 14.1. The molecule has 3 N–H and O–H groups in total. The van der Waals surface area contributed by atoms with Gasteiger partial charge in [0.15, 0.2) is 0 Å². The third-order valence-corrected chi connectivity index (χ3v) is 3.69. The molecule has 18 heavy (non-hydrogen) atoms. The molecular weight excluding hydrogens is 335 g/mol. The SMILES string of the molecule is Nc1ccc(NCCCc2ccccc2)c(I)c1. The summed E-state index contributed by atoms with van der Waals surface area (Å²) in [7, 11) is 0. The van der Waals surface area contributed by atoms with Crippen LogP contribution in [-0.4, -0.2) is 6.54 Å². The van der Waals surface area contributed by atoms with Crippen molar-refractivity contribution in [3.63, 3.8) is 0 Å². The minimum absolute atomic E-state index is 0.814. The van der Waals surface area contributed by atoms with Gasteiger partial charge in [-0.3, -0.25) is 0 Å². The lowest BCUT2D eigenvalue weighted by Crippen LogP contribution is -2.04. The molecule has 0 unspecified atom stereocenters. The maximum Gasteiger partial charge on any atom is 0.0477 e. The van der Waals surface area contributed by atoms with Crippen LogP contribution in [0.4, 0.5) is 11.4 Å². The average Bonchev–Trinajstić information content (AvgIpc) is 2.38. The Morgan fingerprint density at radius 1 is 1.06 bits per heavy atom. The Morgan fingerprint density at radius 3 is 2.56 bits per heavy atom. The van der Waals surface area contributed by atoms with Crippen LogP contribution in [0.25, 0.3) is 0 Å². The Labute approximate surface area is 122 Å². The fraction of sp³-hybridized carbons (Fsp3) is 0.200.